The molecule has 0 saturated heterocycles. The van der Waals surface area contributed by atoms with Gasteiger partial charge >= 0.3 is 0 Å². The molecular formula is C16H25N3O3. The molecule has 22 heavy (non-hydrogen) atoms. The van der Waals surface area contributed by atoms with Gasteiger partial charge in [-0.15, -0.1) is 0 Å². The Hall–Kier alpha value is -2.08. The predicted octanol–water partition coefficient (Wildman–Crippen LogP) is 0.550. The van der Waals surface area contributed by atoms with Gasteiger partial charge in [0.15, 0.2) is 0 Å². The maximum Gasteiger partial charge on any atom is 0.242 e. The molecule has 0 heterocycles. The molecule has 3 N–H and O–H groups in total. The summed E-state index contributed by atoms with van der Waals surface area (Å²) in [5.41, 5.74) is 6.34. The van der Waals surface area contributed by atoms with Crippen LogP contribution in [0.3, 0.4) is 0 Å². The summed E-state index contributed by atoms with van der Waals surface area (Å²) in [5, 5.41) is 2.51. The molecule has 0 bridgehead atoms. The topological polar surface area (TPSA) is 84.7 Å². The maximum atomic E-state index is 12.2. The summed E-state index contributed by atoms with van der Waals surface area (Å²) in [4.78, 5) is 25.1. The monoisotopic (exact) mass is 307 g/mol. The van der Waals surface area contributed by atoms with Crippen molar-refractivity contribution < 1.29 is 14.3 Å². The standard InChI is InChI=1S/C16H25N3O3/c1-4-19(16(21)11-18-15(20)10-17)12(2)9-13-5-7-14(22-3)8-6-13/h5-8,12H,4,9-11,17H2,1-3H3,(H,18,20). The van der Waals surface area contributed by atoms with Gasteiger partial charge in [0, 0.05) is 12.6 Å². The van der Waals surface area contributed by atoms with Crippen molar-refractivity contribution in [1.82, 2.24) is 10.2 Å². The lowest BCUT2D eigenvalue weighted by Gasteiger charge is -2.28. The molecule has 1 aromatic rings. The first kappa shape index (κ1) is 18.0. The highest BCUT2D eigenvalue weighted by molar-refractivity contribution is 5.85. The number of ether oxygens (including phenoxy) is 1. The molecule has 0 aliphatic carbocycles. The number of rotatable bonds is 8. The van der Waals surface area contributed by atoms with Crippen LogP contribution >= 0.6 is 0 Å². The average Bonchev–Trinajstić information content (AvgIpc) is 2.53. The summed E-state index contributed by atoms with van der Waals surface area (Å²) in [6, 6.07) is 7.83. The summed E-state index contributed by atoms with van der Waals surface area (Å²) in [7, 11) is 1.63. The average molecular weight is 307 g/mol. The number of carbonyl (C=O) groups excluding carboxylic acids is 2. The van der Waals surface area contributed by atoms with Gasteiger partial charge in [-0.1, -0.05) is 12.1 Å². The van der Waals surface area contributed by atoms with E-state index in [1.54, 1.807) is 12.0 Å². The third-order valence-corrected chi connectivity index (χ3v) is 3.51. The molecule has 0 fully saturated rings. The molecule has 122 valence electrons. The van der Waals surface area contributed by atoms with E-state index in [9.17, 15) is 9.59 Å². The van der Waals surface area contributed by atoms with Crippen molar-refractivity contribution in [1.29, 1.82) is 0 Å². The van der Waals surface area contributed by atoms with Crippen molar-refractivity contribution in [3.8, 4) is 5.75 Å². The number of nitrogens with two attached hydrogens (primary N) is 1. The van der Waals surface area contributed by atoms with Crippen LogP contribution in [-0.2, 0) is 16.0 Å². The van der Waals surface area contributed by atoms with E-state index in [1.165, 1.54) is 0 Å². The summed E-state index contributed by atoms with van der Waals surface area (Å²) >= 11 is 0. The molecule has 1 atom stereocenters. The van der Waals surface area contributed by atoms with Gasteiger partial charge in [0.25, 0.3) is 0 Å². The molecule has 2 amide bonds. The number of methoxy groups -OCH3 is 1. The first-order valence-electron chi connectivity index (χ1n) is 7.41. The van der Waals surface area contributed by atoms with Crippen LogP contribution < -0.4 is 15.8 Å². The van der Waals surface area contributed by atoms with E-state index in [0.29, 0.717) is 6.54 Å². The first-order valence-corrected chi connectivity index (χ1v) is 7.41. The Morgan fingerprint density at radius 3 is 2.45 bits per heavy atom. The van der Waals surface area contributed by atoms with Crippen molar-refractivity contribution in [2.75, 3.05) is 26.7 Å². The van der Waals surface area contributed by atoms with Crippen LogP contribution in [0.5, 0.6) is 5.75 Å². The molecule has 1 rings (SSSR count). The molecular weight excluding hydrogens is 282 g/mol. The lowest BCUT2D eigenvalue weighted by molar-refractivity contribution is -0.134. The van der Waals surface area contributed by atoms with Crippen LogP contribution in [0.2, 0.25) is 0 Å². The van der Waals surface area contributed by atoms with Gasteiger partial charge in [0.2, 0.25) is 11.8 Å². The number of benzene rings is 1. The highest BCUT2D eigenvalue weighted by Gasteiger charge is 2.19. The molecule has 0 aromatic heterocycles. The molecule has 6 nitrogen and oxygen atoms in total. The summed E-state index contributed by atoms with van der Waals surface area (Å²) in [6.07, 6.45) is 0.744. The summed E-state index contributed by atoms with van der Waals surface area (Å²) in [6.45, 7) is 4.38. The Bertz CT molecular complexity index is 488. The van der Waals surface area contributed by atoms with Crippen LogP contribution in [0, 0.1) is 0 Å². The predicted molar refractivity (Wildman–Crippen MR) is 85.6 cm³/mol. The van der Waals surface area contributed by atoms with E-state index < -0.39 is 0 Å². The number of likely N-dealkylation sites (N-methyl/N-ethyl adjacent to an activating group) is 1. The Balaban J connectivity index is 2.60. The summed E-state index contributed by atoms with van der Waals surface area (Å²) < 4.78 is 5.13. The highest BCUT2D eigenvalue weighted by Crippen LogP contribution is 2.14. The zero-order valence-corrected chi connectivity index (χ0v) is 13.5. The van der Waals surface area contributed by atoms with Crippen molar-refractivity contribution in [3.63, 3.8) is 0 Å². The van der Waals surface area contributed by atoms with Crippen LogP contribution in [0.1, 0.15) is 19.4 Å². The SMILES string of the molecule is CCN(C(=O)CNC(=O)CN)C(C)Cc1ccc(OC)cc1. The van der Waals surface area contributed by atoms with E-state index in [-0.39, 0.29) is 30.9 Å². The minimum absolute atomic E-state index is 0.0170. The molecule has 6 heteroatoms. The van der Waals surface area contributed by atoms with Gasteiger partial charge in [0.1, 0.15) is 5.75 Å². The van der Waals surface area contributed by atoms with Gasteiger partial charge in [0.05, 0.1) is 20.2 Å². The number of nitrogens with zero attached hydrogens (tertiary/aromatic N) is 1. The molecule has 1 aromatic carbocycles. The van der Waals surface area contributed by atoms with Gasteiger partial charge < -0.3 is 20.7 Å². The Kier molecular flexibility index (Phi) is 7.39. The van der Waals surface area contributed by atoms with E-state index in [2.05, 4.69) is 5.32 Å². The van der Waals surface area contributed by atoms with Crippen molar-refractivity contribution >= 4 is 11.8 Å². The van der Waals surface area contributed by atoms with Gasteiger partial charge in [-0.25, -0.2) is 0 Å². The Morgan fingerprint density at radius 1 is 1.32 bits per heavy atom. The fourth-order valence-corrected chi connectivity index (χ4v) is 2.29. The van der Waals surface area contributed by atoms with E-state index >= 15 is 0 Å². The van der Waals surface area contributed by atoms with Crippen LogP contribution in [0.4, 0.5) is 0 Å². The second-order valence-electron chi connectivity index (χ2n) is 5.06. The minimum atomic E-state index is -0.327. The zero-order chi connectivity index (χ0) is 16.5. The normalized spacial score (nSPS) is 11.6. The quantitative estimate of drug-likeness (QED) is 0.734. The van der Waals surface area contributed by atoms with Crippen molar-refractivity contribution in [2.45, 2.75) is 26.3 Å². The second-order valence-corrected chi connectivity index (χ2v) is 5.06. The Labute approximate surface area is 131 Å². The van der Waals surface area contributed by atoms with E-state index in [0.717, 1.165) is 17.7 Å². The number of carbonyl (C=O) groups is 2. The number of nitrogens with one attached hydrogen (secondary N) is 1. The lowest BCUT2D eigenvalue weighted by atomic mass is 10.1. The second kappa shape index (κ2) is 9.04. The van der Waals surface area contributed by atoms with Gasteiger partial charge in [-0.05, 0) is 38.0 Å². The third kappa shape index (κ3) is 5.37. The summed E-state index contributed by atoms with van der Waals surface area (Å²) in [5.74, 6) is 0.377. The third-order valence-electron chi connectivity index (χ3n) is 3.51. The smallest absolute Gasteiger partial charge is 0.242 e. The fourth-order valence-electron chi connectivity index (χ4n) is 2.29. The van der Waals surface area contributed by atoms with Crippen LogP contribution in [-0.4, -0.2) is 49.5 Å². The number of amides is 2. The highest BCUT2D eigenvalue weighted by atomic mass is 16.5. The fraction of sp³-hybridized carbons (Fsp3) is 0.500. The number of hydrogen-bond acceptors (Lipinski definition) is 4. The zero-order valence-electron chi connectivity index (χ0n) is 13.5. The van der Waals surface area contributed by atoms with Gasteiger partial charge in [-0.3, -0.25) is 9.59 Å². The first-order chi connectivity index (χ1) is 10.5. The molecule has 0 spiro atoms. The molecule has 0 aliphatic rings. The maximum absolute atomic E-state index is 12.2. The lowest BCUT2D eigenvalue weighted by Crippen LogP contribution is -2.46. The molecule has 0 saturated carbocycles. The molecule has 1 unspecified atom stereocenters. The number of hydrogen-bond donors (Lipinski definition) is 2. The molecule has 0 radical (unpaired) electrons. The minimum Gasteiger partial charge on any atom is -0.497 e. The van der Waals surface area contributed by atoms with E-state index in [1.807, 2.05) is 38.1 Å². The van der Waals surface area contributed by atoms with Crippen LogP contribution in [0.25, 0.3) is 0 Å². The van der Waals surface area contributed by atoms with Crippen molar-refractivity contribution in [3.05, 3.63) is 29.8 Å². The van der Waals surface area contributed by atoms with E-state index in [4.69, 9.17) is 10.5 Å². The molecule has 0 aliphatic heterocycles. The Morgan fingerprint density at radius 2 is 1.95 bits per heavy atom. The van der Waals surface area contributed by atoms with Gasteiger partial charge in [-0.2, -0.15) is 0 Å². The van der Waals surface area contributed by atoms with Crippen LogP contribution in [0.15, 0.2) is 24.3 Å². The largest absolute Gasteiger partial charge is 0.497 e. The van der Waals surface area contributed by atoms with Crippen molar-refractivity contribution in [2.24, 2.45) is 5.73 Å².